The van der Waals surface area contributed by atoms with Crippen molar-refractivity contribution in [3.05, 3.63) is 29.3 Å². The number of hydrogen-bond donors (Lipinski definition) is 0. The van der Waals surface area contributed by atoms with Gasteiger partial charge in [0.1, 0.15) is 5.75 Å². The minimum atomic E-state index is -4.52. The molecule has 0 radical (unpaired) electrons. The summed E-state index contributed by atoms with van der Waals surface area (Å²) in [6.07, 6.45) is -3.88. The Morgan fingerprint density at radius 3 is 2.32 bits per heavy atom. The van der Waals surface area contributed by atoms with E-state index >= 15 is 0 Å². The molecular weight excluding hydrogens is 255 g/mol. The van der Waals surface area contributed by atoms with E-state index in [9.17, 15) is 13.2 Å². The van der Waals surface area contributed by atoms with E-state index in [2.05, 4.69) is 0 Å². The largest absolute Gasteiger partial charge is 0.493 e. The lowest BCUT2D eigenvalue weighted by Gasteiger charge is -2.19. The van der Waals surface area contributed by atoms with Gasteiger partial charge in [-0.25, -0.2) is 0 Å². The lowest BCUT2D eigenvalue weighted by Crippen LogP contribution is -2.14. The van der Waals surface area contributed by atoms with Crippen LogP contribution in [0.4, 0.5) is 13.2 Å². The molecule has 19 heavy (non-hydrogen) atoms. The molecular formula is C14H16F3NO. The molecule has 0 atom stereocenters. The van der Waals surface area contributed by atoms with Crippen LogP contribution in [0.1, 0.15) is 38.3 Å². The average molecular weight is 271 g/mol. The number of rotatable bonds is 3. The van der Waals surface area contributed by atoms with Gasteiger partial charge in [0.05, 0.1) is 23.8 Å². The molecule has 0 aromatic heterocycles. The second-order valence-corrected chi connectivity index (χ2v) is 5.48. The molecule has 0 fully saturated rings. The molecule has 104 valence electrons. The molecule has 0 heterocycles. The highest BCUT2D eigenvalue weighted by molar-refractivity contribution is 5.43. The molecule has 0 N–H and O–H groups in total. The van der Waals surface area contributed by atoms with Crippen molar-refractivity contribution in [2.75, 3.05) is 6.61 Å². The monoisotopic (exact) mass is 271 g/mol. The van der Waals surface area contributed by atoms with E-state index in [1.54, 1.807) is 6.07 Å². The van der Waals surface area contributed by atoms with Gasteiger partial charge in [-0.3, -0.25) is 0 Å². The first-order valence-corrected chi connectivity index (χ1v) is 5.87. The minimum Gasteiger partial charge on any atom is -0.493 e. The molecule has 2 nitrogen and oxygen atoms in total. The Bertz CT molecular complexity index is 481. The van der Waals surface area contributed by atoms with Crippen LogP contribution in [0.3, 0.4) is 0 Å². The molecule has 0 aliphatic heterocycles. The Labute approximate surface area is 110 Å². The van der Waals surface area contributed by atoms with Crippen LogP contribution in [0.5, 0.6) is 5.75 Å². The van der Waals surface area contributed by atoms with Gasteiger partial charge < -0.3 is 4.74 Å². The molecule has 1 rings (SSSR count). The molecule has 1 aromatic rings. The molecule has 0 spiro atoms. The van der Waals surface area contributed by atoms with Crippen molar-refractivity contribution in [1.82, 2.24) is 0 Å². The third-order valence-electron chi connectivity index (χ3n) is 2.52. The first-order chi connectivity index (χ1) is 8.63. The summed E-state index contributed by atoms with van der Waals surface area (Å²) < 4.78 is 43.7. The Hall–Kier alpha value is -1.70. The van der Waals surface area contributed by atoms with Crippen LogP contribution >= 0.6 is 0 Å². The van der Waals surface area contributed by atoms with Crippen LogP contribution in [0, 0.1) is 16.7 Å². The van der Waals surface area contributed by atoms with Crippen molar-refractivity contribution in [2.24, 2.45) is 5.41 Å². The third kappa shape index (κ3) is 4.82. The summed E-state index contributed by atoms with van der Waals surface area (Å²) >= 11 is 0. The first kappa shape index (κ1) is 15.4. The molecule has 0 saturated carbocycles. The highest BCUT2D eigenvalue weighted by atomic mass is 19.4. The Morgan fingerprint density at radius 2 is 1.84 bits per heavy atom. The van der Waals surface area contributed by atoms with Crippen LogP contribution in [0.2, 0.25) is 0 Å². The second-order valence-electron chi connectivity index (χ2n) is 5.48. The van der Waals surface area contributed by atoms with Crippen molar-refractivity contribution in [1.29, 1.82) is 5.26 Å². The Morgan fingerprint density at radius 1 is 1.21 bits per heavy atom. The Kier molecular flexibility index (Phi) is 4.46. The highest BCUT2D eigenvalue weighted by Gasteiger charge is 2.34. The zero-order valence-electron chi connectivity index (χ0n) is 11.1. The topological polar surface area (TPSA) is 33.0 Å². The van der Waals surface area contributed by atoms with E-state index in [0.29, 0.717) is 6.42 Å². The fourth-order valence-corrected chi connectivity index (χ4v) is 1.41. The van der Waals surface area contributed by atoms with Gasteiger partial charge in [-0.1, -0.05) is 20.8 Å². The lowest BCUT2D eigenvalue weighted by molar-refractivity contribution is -0.139. The van der Waals surface area contributed by atoms with Crippen molar-refractivity contribution < 1.29 is 17.9 Å². The van der Waals surface area contributed by atoms with Gasteiger partial charge in [-0.2, -0.15) is 18.4 Å². The van der Waals surface area contributed by atoms with Crippen LogP contribution in [0.25, 0.3) is 0 Å². The molecule has 0 aliphatic carbocycles. The molecule has 0 saturated heterocycles. The number of halogens is 3. The highest BCUT2D eigenvalue weighted by Crippen LogP contribution is 2.37. The predicted octanol–water partition coefficient (Wildman–Crippen LogP) is 4.39. The van der Waals surface area contributed by atoms with E-state index < -0.39 is 11.7 Å². The quantitative estimate of drug-likeness (QED) is 0.816. The molecule has 0 aliphatic rings. The van der Waals surface area contributed by atoms with Crippen LogP contribution in [-0.4, -0.2) is 6.61 Å². The summed E-state index contributed by atoms with van der Waals surface area (Å²) in [5, 5.41) is 8.64. The van der Waals surface area contributed by atoms with Gasteiger partial charge >= 0.3 is 6.18 Å². The lowest BCUT2D eigenvalue weighted by atomic mass is 9.93. The predicted molar refractivity (Wildman–Crippen MR) is 65.7 cm³/mol. The van der Waals surface area contributed by atoms with E-state index in [0.717, 1.165) is 6.07 Å². The van der Waals surface area contributed by atoms with E-state index in [-0.39, 0.29) is 23.3 Å². The van der Waals surface area contributed by atoms with Gasteiger partial charge in [0.2, 0.25) is 0 Å². The van der Waals surface area contributed by atoms with E-state index in [1.807, 2.05) is 20.8 Å². The fourth-order valence-electron chi connectivity index (χ4n) is 1.41. The number of benzene rings is 1. The number of nitriles is 1. The van der Waals surface area contributed by atoms with E-state index in [1.165, 1.54) is 12.1 Å². The van der Waals surface area contributed by atoms with Crippen molar-refractivity contribution in [2.45, 2.75) is 33.4 Å². The molecule has 5 heteroatoms. The summed E-state index contributed by atoms with van der Waals surface area (Å²) in [6.45, 7) is 6.16. The van der Waals surface area contributed by atoms with Crippen molar-refractivity contribution in [3.63, 3.8) is 0 Å². The average Bonchev–Trinajstić information content (AvgIpc) is 2.26. The fraction of sp³-hybridized carbons (Fsp3) is 0.500. The maximum atomic E-state index is 12.8. The summed E-state index contributed by atoms with van der Waals surface area (Å²) in [7, 11) is 0. The van der Waals surface area contributed by atoms with Gasteiger partial charge in [0, 0.05) is 0 Å². The van der Waals surface area contributed by atoms with Crippen molar-refractivity contribution >= 4 is 0 Å². The molecule has 0 amide bonds. The number of nitrogens with zero attached hydrogens (tertiary/aromatic N) is 1. The van der Waals surface area contributed by atoms with Gasteiger partial charge in [-0.15, -0.1) is 0 Å². The van der Waals surface area contributed by atoms with Gasteiger partial charge in [0.15, 0.2) is 0 Å². The smallest absolute Gasteiger partial charge is 0.420 e. The summed E-state index contributed by atoms with van der Waals surface area (Å²) in [5.41, 5.74) is -0.943. The maximum absolute atomic E-state index is 12.8. The summed E-state index contributed by atoms with van der Waals surface area (Å²) in [4.78, 5) is 0. The number of ether oxygens (including phenoxy) is 1. The molecule has 0 unspecified atom stereocenters. The molecule has 0 bridgehead atoms. The zero-order valence-corrected chi connectivity index (χ0v) is 11.1. The normalized spacial score (nSPS) is 12.1. The minimum absolute atomic E-state index is 0.00894. The van der Waals surface area contributed by atoms with Crippen molar-refractivity contribution in [3.8, 4) is 11.8 Å². The number of hydrogen-bond acceptors (Lipinski definition) is 2. The van der Waals surface area contributed by atoms with Gasteiger partial charge in [0.25, 0.3) is 0 Å². The van der Waals surface area contributed by atoms with E-state index in [4.69, 9.17) is 10.00 Å². The molecule has 1 aromatic carbocycles. The summed E-state index contributed by atoms with van der Waals surface area (Å²) in [5.74, 6) is -0.226. The SMILES string of the molecule is CC(C)(C)CCOc1ccc(C#N)cc1C(F)(F)F. The first-order valence-electron chi connectivity index (χ1n) is 5.87. The van der Waals surface area contributed by atoms with Crippen LogP contribution in [-0.2, 0) is 6.18 Å². The standard InChI is InChI=1S/C14H16F3NO/c1-13(2,3)6-7-19-12-5-4-10(9-18)8-11(12)14(15,16)17/h4-5,8H,6-7H2,1-3H3. The Balaban J connectivity index is 2.92. The maximum Gasteiger partial charge on any atom is 0.420 e. The van der Waals surface area contributed by atoms with Gasteiger partial charge in [-0.05, 0) is 30.0 Å². The van der Waals surface area contributed by atoms with Crippen LogP contribution in [0.15, 0.2) is 18.2 Å². The second kappa shape index (κ2) is 5.52. The number of alkyl halides is 3. The third-order valence-corrected chi connectivity index (χ3v) is 2.52. The van der Waals surface area contributed by atoms with Crippen LogP contribution < -0.4 is 4.74 Å². The zero-order chi connectivity index (χ0) is 14.7. The summed E-state index contributed by atoms with van der Waals surface area (Å²) in [6, 6.07) is 5.02.